The first kappa shape index (κ1) is 17.9. The van der Waals surface area contributed by atoms with Crippen LogP contribution < -0.4 is 5.32 Å². The predicted molar refractivity (Wildman–Crippen MR) is 93.5 cm³/mol. The molecule has 1 aliphatic heterocycles. The topological polar surface area (TPSA) is 88.4 Å². The Kier molecular flexibility index (Phi) is 5.71. The lowest BCUT2D eigenvalue weighted by Gasteiger charge is -2.15. The summed E-state index contributed by atoms with van der Waals surface area (Å²) >= 11 is 1.47. The average Bonchev–Trinajstić information content (AvgIpc) is 3.18. The number of nitrogens with one attached hydrogen (secondary N) is 1. The molecule has 25 heavy (non-hydrogen) atoms. The first-order valence-electron chi connectivity index (χ1n) is 8.77. The largest absolute Gasteiger partial charge is 0.451 e. The zero-order valence-corrected chi connectivity index (χ0v) is 15.1. The summed E-state index contributed by atoms with van der Waals surface area (Å²) in [5.74, 6) is -0.915. The third-order valence-electron chi connectivity index (χ3n) is 4.62. The minimum Gasteiger partial charge on any atom is -0.451 e. The van der Waals surface area contributed by atoms with Gasteiger partial charge in [-0.3, -0.25) is 4.79 Å². The number of carbonyl (C=O) groups is 2. The van der Waals surface area contributed by atoms with Crippen LogP contribution in [0.2, 0.25) is 0 Å². The maximum atomic E-state index is 12.4. The van der Waals surface area contributed by atoms with Crippen molar-refractivity contribution in [2.75, 3.05) is 11.9 Å². The summed E-state index contributed by atoms with van der Waals surface area (Å²) in [7, 11) is 0. The number of aryl methyl sites for hydroxylation is 1. The van der Waals surface area contributed by atoms with Crippen LogP contribution in [-0.4, -0.2) is 30.7 Å². The Balaban J connectivity index is 1.66. The highest BCUT2D eigenvalue weighted by molar-refractivity contribution is 7.16. The van der Waals surface area contributed by atoms with Gasteiger partial charge in [-0.1, -0.05) is 6.42 Å². The van der Waals surface area contributed by atoms with Crippen molar-refractivity contribution in [2.24, 2.45) is 0 Å². The van der Waals surface area contributed by atoms with E-state index in [9.17, 15) is 14.9 Å². The molecule has 2 heterocycles. The molecule has 0 saturated carbocycles. The molecule has 1 aromatic rings. The first-order chi connectivity index (χ1) is 12.1. The smallest absolute Gasteiger partial charge is 0.336 e. The van der Waals surface area contributed by atoms with Gasteiger partial charge in [-0.05, 0) is 51.0 Å². The molecule has 1 amide bonds. The van der Waals surface area contributed by atoms with Crippen molar-refractivity contribution in [1.82, 2.24) is 0 Å². The van der Waals surface area contributed by atoms with Crippen LogP contribution in [0, 0.1) is 11.3 Å². The number of nitrogens with zero attached hydrogens (tertiary/aromatic N) is 1. The van der Waals surface area contributed by atoms with Crippen molar-refractivity contribution in [1.29, 1.82) is 5.26 Å². The summed E-state index contributed by atoms with van der Waals surface area (Å²) in [6.07, 6.45) is 5.15. The molecule has 2 atom stereocenters. The molecule has 2 aliphatic rings. The number of ether oxygens (including phenoxy) is 2. The minimum absolute atomic E-state index is 0.417. The number of hydrogen-bond acceptors (Lipinski definition) is 6. The van der Waals surface area contributed by atoms with Gasteiger partial charge in [0.2, 0.25) is 0 Å². The molecule has 0 aromatic carbocycles. The van der Waals surface area contributed by atoms with Crippen LogP contribution >= 0.6 is 11.3 Å². The number of amides is 1. The second-order valence-corrected chi connectivity index (χ2v) is 7.56. The van der Waals surface area contributed by atoms with Gasteiger partial charge in [-0.15, -0.1) is 11.3 Å². The zero-order chi connectivity index (χ0) is 17.8. The van der Waals surface area contributed by atoms with E-state index in [1.807, 2.05) is 0 Å². The van der Waals surface area contributed by atoms with Crippen molar-refractivity contribution in [3.8, 4) is 6.07 Å². The van der Waals surface area contributed by atoms with Gasteiger partial charge in [0.05, 0.1) is 5.56 Å². The number of thiophene rings is 1. The molecule has 1 aliphatic carbocycles. The Morgan fingerprint density at radius 3 is 2.84 bits per heavy atom. The van der Waals surface area contributed by atoms with Crippen molar-refractivity contribution in [2.45, 2.75) is 64.1 Å². The fourth-order valence-corrected chi connectivity index (χ4v) is 4.47. The summed E-state index contributed by atoms with van der Waals surface area (Å²) in [5, 5.41) is 12.8. The van der Waals surface area contributed by atoms with E-state index in [2.05, 4.69) is 11.4 Å². The second kappa shape index (κ2) is 7.98. The maximum Gasteiger partial charge on any atom is 0.336 e. The van der Waals surface area contributed by atoms with E-state index in [0.717, 1.165) is 37.7 Å². The highest BCUT2D eigenvalue weighted by Crippen LogP contribution is 2.37. The van der Waals surface area contributed by atoms with E-state index in [-0.39, 0.29) is 0 Å². The number of rotatable bonds is 4. The Morgan fingerprint density at radius 1 is 1.32 bits per heavy atom. The van der Waals surface area contributed by atoms with Gasteiger partial charge < -0.3 is 14.8 Å². The number of nitriles is 1. The van der Waals surface area contributed by atoms with Gasteiger partial charge in [0.25, 0.3) is 5.91 Å². The molecule has 0 radical (unpaired) electrons. The van der Waals surface area contributed by atoms with Gasteiger partial charge >= 0.3 is 5.97 Å². The lowest BCUT2D eigenvalue weighted by molar-refractivity contribution is -0.162. The van der Waals surface area contributed by atoms with Crippen molar-refractivity contribution >= 4 is 28.2 Å². The number of hydrogen-bond donors (Lipinski definition) is 1. The van der Waals surface area contributed by atoms with E-state index in [4.69, 9.17) is 9.47 Å². The third-order valence-corrected chi connectivity index (χ3v) is 5.83. The summed E-state index contributed by atoms with van der Waals surface area (Å²) in [6.45, 7) is 2.08. The molecule has 0 bridgehead atoms. The number of anilines is 1. The minimum atomic E-state index is -0.926. The molecule has 1 aromatic heterocycles. The van der Waals surface area contributed by atoms with E-state index in [1.165, 1.54) is 29.6 Å². The molecular formula is C18H22N2O4S. The molecule has 1 saturated heterocycles. The van der Waals surface area contributed by atoms with Crippen LogP contribution in [0.1, 0.15) is 55.0 Å². The second-order valence-electron chi connectivity index (χ2n) is 6.45. The number of esters is 1. The van der Waals surface area contributed by atoms with Gasteiger partial charge in [0.15, 0.2) is 12.2 Å². The maximum absolute atomic E-state index is 12.4. The average molecular weight is 362 g/mol. The van der Waals surface area contributed by atoms with E-state index >= 15 is 0 Å². The monoisotopic (exact) mass is 362 g/mol. The number of fused-ring (bicyclic) bond motifs is 1. The Labute approximate surface area is 151 Å². The lowest BCUT2D eigenvalue weighted by Crippen LogP contribution is -2.33. The Hall–Kier alpha value is -1.91. The van der Waals surface area contributed by atoms with Crippen LogP contribution in [0.5, 0.6) is 0 Å². The van der Waals surface area contributed by atoms with Gasteiger partial charge in [0.1, 0.15) is 11.1 Å². The zero-order valence-electron chi connectivity index (χ0n) is 14.3. The Bertz CT molecular complexity index is 701. The standard InChI is InChI=1S/C18H22N2O4S/c1-11(24-18(22)14-7-5-9-23-14)16(21)20-17-13(10-19)12-6-3-2-4-8-15(12)25-17/h11,14H,2-9H2,1H3,(H,20,21)/t11-,14+/m0/s1. The van der Waals surface area contributed by atoms with Crippen LogP contribution in [0.15, 0.2) is 0 Å². The highest BCUT2D eigenvalue weighted by Gasteiger charge is 2.29. The molecular weight excluding hydrogens is 340 g/mol. The van der Waals surface area contributed by atoms with Crippen LogP contribution in [0.4, 0.5) is 5.00 Å². The molecule has 1 N–H and O–H groups in total. The van der Waals surface area contributed by atoms with Crippen LogP contribution in [-0.2, 0) is 31.9 Å². The van der Waals surface area contributed by atoms with E-state index < -0.39 is 24.1 Å². The van der Waals surface area contributed by atoms with Gasteiger partial charge in [-0.25, -0.2) is 4.79 Å². The van der Waals surface area contributed by atoms with Crippen molar-refractivity contribution in [3.05, 3.63) is 16.0 Å². The molecule has 6 nitrogen and oxygen atoms in total. The highest BCUT2D eigenvalue weighted by atomic mass is 32.1. The summed E-state index contributed by atoms with van der Waals surface area (Å²) in [6, 6.07) is 2.23. The third kappa shape index (κ3) is 4.02. The fourth-order valence-electron chi connectivity index (χ4n) is 3.23. The summed E-state index contributed by atoms with van der Waals surface area (Å²) < 4.78 is 10.5. The fraction of sp³-hybridized carbons (Fsp3) is 0.611. The molecule has 0 unspecified atom stereocenters. The summed E-state index contributed by atoms with van der Waals surface area (Å²) in [4.78, 5) is 25.5. The molecule has 0 spiro atoms. The van der Waals surface area contributed by atoms with Crippen molar-refractivity contribution < 1.29 is 19.1 Å². The Morgan fingerprint density at radius 2 is 2.12 bits per heavy atom. The van der Waals surface area contributed by atoms with Crippen molar-refractivity contribution in [3.63, 3.8) is 0 Å². The predicted octanol–water partition coefficient (Wildman–Crippen LogP) is 2.94. The van der Waals surface area contributed by atoms with Crippen LogP contribution in [0.3, 0.4) is 0 Å². The van der Waals surface area contributed by atoms with Crippen LogP contribution in [0.25, 0.3) is 0 Å². The number of carbonyl (C=O) groups excluding carboxylic acids is 2. The molecule has 7 heteroatoms. The van der Waals surface area contributed by atoms with Gasteiger partial charge in [-0.2, -0.15) is 5.26 Å². The lowest BCUT2D eigenvalue weighted by atomic mass is 10.1. The normalized spacial score (nSPS) is 20.9. The summed E-state index contributed by atoms with van der Waals surface area (Å²) in [5.41, 5.74) is 1.64. The van der Waals surface area contributed by atoms with E-state index in [1.54, 1.807) is 0 Å². The quantitative estimate of drug-likeness (QED) is 0.657. The van der Waals surface area contributed by atoms with Gasteiger partial charge in [0, 0.05) is 11.5 Å². The SMILES string of the molecule is C[C@H](OC(=O)[C@H]1CCCO1)C(=O)Nc1sc2c(c1C#N)CCCCC2. The first-order valence-corrected chi connectivity index (χ1v) is 9.59. The molecule has 134 valence electrons. The molecule has 3 rings (SSSR count). The van der Waals surface area contributed by atoms with E-state index in [0.29, 0.717) is 23.6 Å². The molecule has 1 fully saturated rings.